The molecule has 1 N–H and O–H groups in total. The van der Waals surface area contributed by atoms with Gasteiger partial charge in [-0.2, -0.15) is 4.99 Å². The summed E-state index contributed by atoms with van der Waals surface area (Å²) in [5, 5.41) is 2.77. The Kier molecular flexibility index (Phi) is 8.40. The van der Waals surface area contributed by atoms with Gasteiger partial charge in [0.25, 0.3) is 0 Å². The number of hydrogen-bond acceptors (Lipinski definition) is 4. The second-order valence-electron chi connectivity index (χ2n) is 9.35. The average Bonchev–Trinajstić information content (AvgIpc) is 3.27. The van der Waals surface area contributed by atoms with Gasteiger partial charge in [-0.05, 0) is 47.0 Å². The van der Waals surface area contributed by atoms with E-state index >= 15 is 0 Å². The zero-order valence-corrected chi connectivity index (χ0v) is 22.8. The molecule has 0 bridgehead atoms. The second kappa shape index (κ2) is 12.7. The molecule has 1 aliphatic rings. The monoisotopic (exact) mass is 546 g/mol. The lowest BCUT2D eigenvalue weighted by atomic mass is 10.0. The molecule has 0 spiro atoms. The van der Waals surface area contributed by atoms with Gasteiger partial charge < -0.3 is 19.7 Å². The Balaban J connectivity index is 1.58. The van der Waals surface area contributed by atoms with E-state index in [0.717, 1.165) is 16.7 Å². The molecule has 1 atom stereocenters. The number of hydrogen-bond donors (Lipinski definition) is 1. The number of likely N-dealkylation sites (N-methyl/N-ethyl adjacent to an activating group) is 1. The van der Waals surface area contributed by atoms with Crippen LogP contribution in [0.3, 0.4) is 0 Å². The highest BCUT2D eigenvalue weighted by molar-refractivity contribution is 6.07. The Bertz CT molecular complexity index is 1540. The van der Waals surface area contributed by atoms with Crippen LogP contribution in [0.1, 0.15) is 22.7 Å². The molecule has 41 heavy (non-hydrogen) atoms. The van der Waals surface area contributed by atoms with Crippen molar-refractivity contribution in [3.63, 3.8) is 0 Å². The summed E-state index contributed by atoms with van der Waals surface area (Å²) in [6.45, 7) is 0.0647. The van der Waals surface area contributed by atoms with Crippen LogP contribution in [0, 0.1) is 0 Å². The molecule has 1 aliphatic heterocycles. The van der Waals surface area contributed by atoms with Crippen LogP contribution in [0.15, 0.2) is 126 Å². The van der Waals surface area contributed by atoms with Gasteiger partial charge in [-0.25, -0.2) is 14.5 Å². The number of aliphatic imine (C=N–C) groups is 1. The molecular formula is C33H30N4O4. The van der Waals surface area contributed by atoms with Crippen molar-refractivity contribution in [3.8, 4) is 5.75 Å². The highest BCUT2D eigenvalue weighted by Gasteiger charge is 2.44. The van der Waals surface area contributed by atoms with Crippen molar-refractivity contribution in [2.75, 3.05) is 19.5 Å². The third-order valence-corrected chi connectivity index (χ3v) is 6.60. The first-order valence-corrected chi connectivity index (χ1v) is 13.1. The van der Waals surface area contributed by atoms with Crippen molar-refractivity contribution in [2.24, 2.45) is 4.99 Å². The zero-order valence-electron chi connectivity index (χ0n) is 22.8. The van der Waals surface area contributed by atoms with Crippen LogP contribution in [-0.4, -0.2) is 42.0 Å². The standard InChI is InChI=1S/C33H30N4O4/c1-36-30(26-18-20-28(40-2)21-19-26)29(22-24-12-6-3-7-13-24)37(33(39)41-23-25-14-8-4-9-15-25)32(36)35-31(38)34-27-16-10-5-11-17-27/h3-22,30H,23H2,1-2H3,(H,34,38)/b29-22-,35-32-. The normalized spacial score (nSPS) is 16.6. The van der Waals surface area contributed by atoms with Crippen LogP contribution >= 0.6 is 0 Å². The number of amides is 3. The number of ether oxygens (including phenoxy) is 2. The van der Waals surface area contributed by atoms with E-state index in [1.807, 2.05) is 109 Å². The van der Waals surface area contributed by atoms with Crippen molar-refractivity contribution >= 4 is 29.8 Å². The number of methoxy groups -OCH3 is 1. The molecular weight excluding hydrogens is 516 g/mol. The van der Waals surface area contributed by atoms with E-state index in [0.29, 0.717) is 17.1 Å². The molecule has 206 valence electrons. The maximum Gasteiger partial charge on any atom is 0.421 e. The third-order valence-electron chi connectivity index (χ3n) is 6.60. The van der Waals surface area contributed by atoms with Crippen molar-refractivity contribution < 1.29 is 19.1 Å². The molecule has 8 heteroatoms. The molecule has 0 radical (unpaired) electrons. The molecule has 0 aliphatic carbocycles. The number of benzene rings is 4. The number of guanidine groups is 1. The zero-order chi connectivity index (χ0) is 28.6. The minimum absolute atomic E-state index is 0.0647. The Hall–Kier alpha value is -5.37. The fourth-order valence-corrected chi connectivity index (χ4v) is 4.62. The Morgan fingerprint density at radius 2 is 1.46 bits per heavy atom. The molecule has 3 amide bonds. The number of anilines is 1. The molecule has 0 aromatic heterocycles. The maximum atomic E-state index is 13.8. The molecule has 0 saturated carbocycles. The summed E-state index contributed by atoms with van der Waals surface area (Å²) in [4.78, 5) is 34.4. The second-order valence-corrected chi connectivity index (χ2v) is 9.35. The molecule has 1 unspecified atom stereocenters. The Morgan fingerprint density at radius 3 is 2.10 bits per heavy atom. The summed E-state index contributed by atoms with van der Waals surface area (Å²) >= 11 is 0. The van der Waals surface area contributed by atoms with Crippen molar-refractivity contribution in [3.05, 3.63) is 138 Å². The quantitative estimate of drug-likeness (QED) is 0.283. The van der Waals surface area contributed by atoms with Crippen LogP contribution in [0.25, 0.3) is 6.08 Å². The number of rotatable bonds is 6. The van der Waals surface area contributed by atoms with Crippen LogP contribution in [0.4, 0.5) is 15.3 Å². The van der Waals surface area contributed by atoms with Gasteiger partial charge in [-0.15, -0.1) is 0 Å². The molecule has 1 fully saturated rings. The van der Waals surface area contributed by atoms with Gasteiger partial charge >= 0.3 is 12.1 Å². The molecule has 1 heterocycles. The van der Waals surface area contributed by atoms with Gasteiger partial charge in [-0.3, -0.25) is 0 Å². The highest BCUT2D eigenvalue weighted by atomic mass is 16.6. The lowest BCUT2D eigenvalue weighted by molar-refractivity contribution is 0.123. The molecule has 4 aromatic rings. The first-order valence-electron chi connectivity index (χ1n) is 13.1. The fraction of sp³-hybridized carbons (Fsp3) is 0.121. The van der Waals surface area contributed by atoms with Gasteiger partial charge in [0.2, 0.25) is 5.96 Å². The largest absolute Gasteiger partial charge is 0.497 e. The van der Waals surface area contributed by atoms with E-state index in [-0.39, 0.29) is 12.6 Å². The summed E-state index contributed by atoms with van der Waals surface area (Å²) in [5.74, 6) is 0.845. The van der Waals surface area contributed by atoms with Gasteiger partial charge in [0.1, 0.15) is 12.4 Å². The molecule has 1 saturated heterocycles. The number of nitrogens with zero attached hydrogens (tertiary/aromatic N) is 3. The van der Waals surface area contributed by atoms with E-state index in [1.165, 1.54) is 4.90 Å². The summed E-state index contributed by atoms with van der Waals surface area (Å²) < 4.78 is 11.1. The van der Waals surface area contributed by atoms with Crippen molar-refractivity contribution in [1.29, 1.82) is 0 Å². The molecule has 5 rings (SSSR count). The van der Waals surface area contributed by atoms with E-state index < -0.39 is 18.2 Å². The summed E-state index contributed by atoms with van der Waals surface area (Å²) in [6.07, 6.45) is 1.26. The number of carbonyl (C=O) groups excluding carboxylic acids is 2. The highest BCUT2D eigenvalue weighted by Crippen LogP contribution is 2.39. The third kappa shape index (κ3) is 6.45. The SMILES string of the molecule is COc1ccc(C2/C(=C/c3ccccc3)N(C(=O)OCc3ccccc3)/C(=N\C(=O)Nc3ccccc3)N2C)cc1. The minimum Gasteiger partial charge on any atom is -0.497 e. The van der Waals surface area contributed by atoms with Gasteiger partial charge in [0.05, 0.1) is 18.8 Å². The van der Waals surface area contributed by atoms with E-state index in [1.54, 1.807) is 31.2 Å². The van der Waals surface area contributed by atoms with Crippen molar-refractivity contribution in [1.82, 2.24) is 9.80 Å². The smallest absolute Gasteiger partial charge is 0.421 e. The van der Waals surface area contributed by atoms with Crippen molar-refractivity contribution in [2.45, 2.75) is 12.6 Å². The van der Waals surface area contributed by atoms with Gasteiger partial charge in [0.15, 0.2) is 0 Å². The molecule has 8 nitrogen and oxygen atoms in total. The Labute approximate surface area is 239 Å². The molecule has 4 aromatic carbocycles. The summed E-state index contributed by atoms with van der Waals surface area (Å²) in [5.41, 5.74) is 3.78. The summed E-state index contributed by atoms with van der Waals surface area (Å²) in [7, 11) is 3.41. The lowest BCUT2D eigenvalue weighted by Gasteiger charge is -2.21. The van der Waals surface area contributed by atoms with Gasteiger partial charge in [-0.1, -0.05) is 91.0 Å². The predicted octanol–water partition coefficient (Wildman–Crippen LogP) is 6.95. The van der Waals surface area contributed by atoms with E-state index in [9.17, 15) is 9.59 Å². The average molecular weight is 547 g/mol. The summed E-state index contributed by atoms with van der Waals surface area (Å²) in [6, 6.07) is 34.6. The topological polar surface area (TPSA) is 83.5 Å². The first kappa shape index (κ1) is 27.2. The van der Waals surface area contributed by atoms with Crippen LogP contribution < -0.4 is 10.1 Å². The van der Waals surface area contributed by atoms with Crippen LogP contribution in [0.5, 0.6) is 5.75 Å². The Morgan fingerprint density at radius 1 is 0.854 bits per heavy atom. The van der Waals surface area contributed by atoms with Gasteiger partial charge in [0, 0.05) is 12.7 Å². The lowest BCUT2D eigenvalue weighted by Crippen LogP contribution is -2.37. The van der Waals surface area contributed by atoms with Crippen LogP contribution in [0.2, 0.25) is 0 Å². The fourth-order valence-electron chi connectivity index (χ4n) is 4.62. The number of carbonyl (C=O) groups is 2. The predicted molar refractivity (Wildman–Crippen MR) is 159 cm³/mol. The number of nitrogens with one attached hydrogen (secondary N) is 1. The maximum absolute atomic E-state index is 13.8. The van der Waals surface area contributed by atoms with E-state index in [2.05, 4.69) is 10.3 Å². The first-order chi connectivity index (χ1) is 20.0. The number of urea groups is 1. The number of para-hydroxylation sites is 1. The minimum atomic E-state index is -0.648. The van der Waals surface area contributed by atoms with E-state index in [4.69, 9.17) is 9.47 Å². The van der Waals surface area contributed by atoms with Crippen LogP contribution in [-0.2, 0) is 11.3 Å².